The van der Waals surface area contributed by atoms with Gasteiger partial charge >= 0.3 is 0 Å². The number of hydrogen-bond acceptors (Lipinski definition) is 7. The van der Waals surface area contributed by atoms with E-state index < -0.39 is 0 Å². The molecule has 0 atom stereocenters. The molecule has 0 aliphatic rings. The Labute approximate surface area is 146 Å². The van der Waals surface area contributed by atoms with Gasteiger partial charge in [-0.1, -0.05) is 21.9 Å². The summed E-state index contributed by atoms with van der Waals surface area (Å²) < 4.78 is 18.5. The number of amides is 1. The molecule has 0 saturated heterocycles. The maximum absolute atomic E-state index is 13.9. The van der Waals surface area contributed by atoms with Gasteiger partial charge in [0.2, 0.25) is 0 Å². The third kappa shape index (κ3) is 3.28. The quantitative estimate of drug-likeness (QED) is 0.696. The molecule has 2 aromatic heterocycles. The molecule has 0 unspecified atom stereocenters. The molecule has 126 valence electrons. The average molecular weight is 365 g/mol. The summed E-state index contributed by atoms with van der Waals surface area (Å²) in [4.78, 5) is 21.3. The molecule has 2 heterocycles. The van der Waals surface area contributed by atoms with Crippen LogP contribution in [0.25, 0.3) is 10.2 Å². The van der Waals surface area contributed by atoms with Gasteiger partial charge in [-0.25, -0.2) is 9.37 Å². The first-order valence-electron chi connectivity index (χ1n) is 7.28. The Morgan fingerprint density at radius 1 is 1.29 bits per heavy atom. The van der Waals surface area contributed by atoms with Gasteiger partial charge < -0.3 is 4.90 Å². The Morgan fingerprint density at radius 3 is 2.71 bits per heavy atom. The first-order valence-corrected chi connectivity index (χ1v) is 8.87. The van der Waals surface area contributed by atoms with Crippen molar-refractivity contribution >= 4 is 44.1 Å². The number of halogens is 1. The average Bonchev–Trinajstić information content (AvgIpc) is 3.14. The fraction of sp³-hybridized carbons (Fsp3) is 0.333. The number of carbonyl (C=O) groups is 1. The maximum atomic E-state index is 13.9. The van der Waals surface area contributed by atoms with Gasteiger partial charge in [0.05, 0.1) is 10.4 Å². The van der Waals surface area contributed by atoms with Gasteiger partial charge in [0.25, 0.3) is 5.91 Å². The van der Waals surface area contributed by atoms with Crippen molar-refractivity contribution in [1.29, 1.82) is 0 Å². The van der Waals surface area contributed by atoms with E-state index in [1.165, 1.54) is 17.4 Å². The summed E-state index contributed by atoms with van der Waals surface area (Å²) in [5.74, 6) is -0.588. The predicted molar refractivity (Wildman–Crippen MR) is 94.5 cm³/mol. The molecular formula is C15H16FN5OS2. The number of anilines is 1. The van der Waals surface area contributed by atoms with Gasteiger partial charge in [-0.05, 0) is 44.7 Å². The van der Waals surface area contributed by atoms with E-state index in [4.69, 9.17) is 0 Å². The molecule has 0 bridgehead atoms. The first kappa shape index (κ1) is 16.9. The molecule has 6 nitrogen and oxygen atoms in total. The minimum atomic E-state index is -0.384. The second-order valence-electron chi connectivity index (χ2n) is 5.53. The number of thiazole rings is 1. The van der Waals surface area contributed by atoms with Gasteiger partial charge in [0.15, 0.2) is 5.13 Å². The molecule has 0 N–H and O–H groups in total. The number of para-hydroxylation sites is 1. The lowest BCUT2D eigenvalue weighted by molar-refractivity contribution is 0.0988. The number of likely N-dealkylation sites (N-methyl/N-ethyl adjacent to an activating group) is 1. The summed E-state index contributed by atoms with van der Waals surface area (Å²) in [7, 11) is 3.86. The summed E-state index contributed by atoms with van der Waals surface area (Å²) in [6, 6.07) is 4.81. The summed E-state index contributed by atoms with van der Waals surface area (Å²) >= 11 is 2.36. The number of rotatable bonds is 5. The van der Waals surface area contributed by atoms with Crippen LogP contribution in [0.15, 0.2) is 18.2 Å². The van der Waals surface area contributed by atoms with E-state index in [1.807, 2.05) is 19.0 Å². The van der Waals surface area contributed by atoms with Crippen LogP contribution in [-0.4, -0.2) is 52.6 Å². The van der Waals surface area contributed by atoms with Crippen LogP contribution >= 0.6 is 22.9 Å². The Morgan fingerprint density at radius 2 is 2.08 bits per heavy atom. The van der Waals surface area contributed by atoms with Crippen LogP contribution < -0.4 is 4.90 Å². The fourth-order valence-corrected chi connectivity index (χ4v) is 3.76. The summed E-state index contributed by atoms with van der Waals surface area (Å²) in [6.07, 6.45) is 0. The lowest BCUT2D eigenvalue weighted by Gasteiger charge is -2.21. The minimum absolute atomic E-state index is 0.205. The molecule has 0 fully saturated rings. The highest BCUT2D eigenvalue weighted by atomic mass is 32.1. The molecule has 0 aliphatic carbocycles. The Hall–Kier alpha value is -1.97. The third-order valence-electron chi connectivity index (χ3n) is 3.45. The van der Waals surface area contributed by atoms with Crippen molar-refractivity contribution in [2.45, 2.75) is 6.92 Å². The second kappa shape index (κ2) is 6.88. The van der Waals surface area contributed by atoms with Crippen LogP contribution in [0.4, 0.5) is 9.52 Å². The number of fused-ring (bicyclic) bond motifs is 1. The van der Waals surface area contributed by atoms with Gasteiger partial charge in [-0.2, -0.15) is 0 Å². The van der Waals surface area contributed by atoms with Crippen LogP contribution in [0, 0.1) is 12.7 Å². The Bertz CT molecular complexity index is 876. The van der Waals surface area contributed by atoms with Crippen molar-refractivity contribution in [2.75, 3.05) is 32.1 Å². The van der Waals surface area contributed by atoms with Crippen LogP contribution in [0.3, 0.4) is 0 Å². The smallest absolute Gasteiger partial charge is 0.273 e. The van der Waals surface area contributed by atoms with E-state index in [0.717, 1.165) is 11.5 Å². The molecule has 0 radical (unpaired) electrons. The normalized spacial score (nSPS) is 11.4. The highest BCUT2D eigenvalue weighted by Crippen LogP contribution is 2.31. The van der Waals surface area contributed by atoms with E-state index in [1.54, 1.807) is 24.0 Å². The molecular weight excluding hydrogens is 349 g/mol. The van der Waals surface area contributed by atoms with Crippen molar-refractivity contribution in [3.8, 4) is 0 Å². The zero-order valence-electron chi connectivity index (χ0n) is 13.5. The van der Waals surface area contributed by atoms with Gasteiger partial charge in [-0.15, -0.1) is 5.10 Å². The van der Waals surface area contributed by atoms with E-state index in [0.29, 0.717) is 39.0 Å². The number of nitrogens with zero attached hydrogens (tertiary/aromatic N) is 5. The zero-order chi connectivity index (χ0) is 17.3. The van der Waals surface area contributed by atoms with Crippen molar-refractivity contribution in [3.63, 3.8) is 0 Å². The maximum Gasteiger partial charge on any atom is 0.273 e. The molecule has 3 rings (SSSR count). The molecule has 0 spiro atoms. The topological polar surface area (TPSA) is 62.2 Å². The summed E-state index contributed by atoms with van der Waals surface area (Å²) in [5.41, 5.74) is 0.881. The standard InChI is InChI=1S/C15H16FN5OS2/c1-9-13(24-19-18-9)14(22)21(8-7-20(2)3)15-17-12-10(16)5-4-6-11(12)23-15/h4-6H,7-8H2,1-3H3. The predicted octanol–water partition coefficient (Wildman–Crippen LogP) is 2.80. The molecule has 1 aromatic carbocycles. The van der Waals surface area contributed by atoms with Crippen LogP contribution in [0.1, 0.15) is 15.4 Å². The first-order chi connectivity index (χ1) is 11.5. The summed E-state index contributed by atoms with van der Waals surface area (Å²) in [5, 5.41) is 4.38. The van der Waals surface area contributed by atoms with E-state index >= 15 is 0 Å². The van der Waals surface area contributed by atoms with Gasteiger partial charge in [-0.3, -0.25) is 9.69 Å². The summed E-state index contributed by atoms with van der Waals surface area (Å²) in [6.45, 7) is 2.86. The molecule has 0 aliphatic heterocycles. The van der Waals surface area contributed by atoms with Crippen molar-refractivity contribution < 1.29 is 9.18 Å². The minimum Gasteiger partial charge on any atom is -0.308 e. The molecule has 0 saturated carbocycles. The van der Waals surface area contributed by atoms with E-state index in [9.17, 15) is 9.18 Å². The van der Waals surface area contributed by atoms with Gasteiger partial charge in [0.1, 0.15) is 16.2 Å². The van der Waals surface area contributed by atoms with E-state index in [-0.39, 0.29) is 11.7 Å². The van der Waals surface area contributed by atoms with Gasteiger partial charge in [0, 0.05) is 13.1 Å². The number of aromatic nitrogens is 3. The SMILES string of the molecule is Cc1nnsc1C(=O)N(CCN(C)C)c1nc2c(F)cccc2s1. The zero-order valence-corrected chi connectivity index (χ0v) is 15.1. The highest BCUT2D eigenvalue weighted by molar-refractivity contribution is 7.22. The van der Waals surface area contributed by atoms with Crippen molar-refractivity contribution in [1.82, 2.24) is 19.5 Å². The third-order valence-corrected chi connectivity index (χ3v) is 5.31. The number of carbonyl (C=O) groups excluding carboxylic acids is 1. The van der Waals surface area contributed by atoms with Crippen LogP contribution in [0.5, 0.6) is 0 Å². The molecule has 1 amide bonds. The Balaban J connectivity index is 2.01. The van der Waals surface area contributed by atoms with E-state index in [2.05, 4.69) is 14.6 Å². The van der Waals surface area contributed by atoms with Crippen molar-refractivity contribution in [3.05, 3.63) is 34.6 Å². The van der Waals surface area contributed by atoms with Crippen LogP contribution in [-0.2, 0) is 0 Å². The fourth-order valence-electron chi connectivity index (χ4n) is 2.15. The number of hydrogen-bond donors (Lipinski definition) is 0. The molecule has 24 heavy (non-hydrogen) atoms. The van der Waals surface area contributed by atoms with Crippen LogP contribution in [0.2, 0.25) is 0 Å². The largest absolute Gasteiger partial charge is 0.308 e. The number of aryl methyl sites for hydroxylation is 1. The molecule has 3 aromatic rings. The lowest BCUT2D eigenvalue weighted by Crippen LogP contribution is -2.36. The highest BCUT2D eigenvalue weighted by Gasteiger charge is 2.25. The lowest BCUT2D eigenvalue weighted by atomic mass is 10.3. The number of benzene rings is 1. The van der Waals surface area contributed by atoms with Crippen molar-refractivity contribution in [2.24, 2.45) is 0 Å². The monoisotopic (exact) mass is 365 g/mol. The molecule has 9 heteroatoms. The Kier molecular flexibility index (Phi) is 4.83. The second-order valence-corrected chi connectivity index (χ2v) is 7.29.